The third kappa shape index (κ3) is 2.91. The number of rotatable bonds is 4. The lowest BCUT2D eigenvalue weighted by atomic mass is 10.2. The van der Waals surface area contributed by atoms with Crippen molar-refractivity contribution in [2.45, 2.75) is 6.61 Å². The Balaban J connectivity index is 2.11. The van der Waals surface area contributed by atoms with E-state index in [0.29, 0.717) is 12.3 Å². The summed E-state index contributed by atoms with van der Waals surface area (Å²) in [5, 5.41) is 4.12. The number of benzene rings is 1. The quantitative estimate of drug-likeness (QED) is 0.845. The fourth-order valence-electron chi connectivity index (χ4n) is 1.46. The SMILES string of the molecule is CN(C)c1ccc(N)c(OCc2ccsc2)c1. The molecule has 4 heteroatoms. The molecule has 0 spiro atoms. The molecule has 0 saturated carbocycles. The van der Waals surface area contributed by atoms with Gasteiger partial charge in [0.05, 0.1) is 5.69 Å². The van der Waals surface area contributed by atoms with Crippen molar-refractivity contribution in [2.75, 3.05) is 24.7 Å². The Morgan fingerprint density at radius 2 is 2.12 bits per heavy atom. The van der Waals surface area contributed by atoms with Gasteiger partial charge in [-0.1, -0.05) is 0 Å². The summed E-state index contributed by atoms with van der Waals surface area (Å²) < 4.78 is 5.73. The first kappa shape index (κ1) is 11.8. The van der Waals surface area contributed by atoms with Crippen LogP contribution in [0.25, 0.3) is 0 Å². The molecular formula is C13H16N2OS. The van der Waals surface area contributed by atoms with E-state index in [-0.39, 0.29) is 0 Å². The van der Waals surface area contributed by atoms with Gasteiger partial charge in [-0.3, -0.25) is 0 Å². The fraction of sp³-hybridized carbons (Fsp3) is 0.231. The predicted molar refractivity (Wildman–Crippen MR) is 73.8 cm³/mol. The monoisotopic (exact) mass is 248 g/mol. The molecule has 2 N–H and O–H groups in total. The molecule has 90 valence electrons. The highest BCUT2D eigenvalue weighted by Crippen LogP contribution is 2.27. The van der Waals surface area contributed by atoms with Gasteiger partial charge in [-0.25, -0.2) is 0 Å². The molecule has 0 aliphatic carbocycles. The van der Waals surface area contributed by atoms with Crippen molar-refractivity contribution in [3.8, 4) is 5.75 Å². The number of anilines is 2. The van der Waals surface area contributed by atoms with Gasteiger partial charge in [0, 0.05) is 25.8 Å². The van der Waals surface area contributed by atoms with E-state index in [0.717, 1.165) is 11.4 Å². The van der Waals surface area contributed by atoms with Crippen molar-refractivity contribution in [2.24, 2.45) is 0 Å². The van der Waals surface area contributed by atoms with Crippen molar-refractivity contribution in [3.63, 3.8) is 0 Å². The van der Waals surface area contributed by atoms with Crippen molar-refractivity contribution in [3.05, 3.63) is 40.6 Å². The van der Waals surface area contributed by atoms with Gasteiger partial charge in [-0.2, -0.15) is 11.3 Å². The number of nitrogens with two attached hydrogens (primary N) is 1. The lowest BCUT2D eigenvalue weighted by Crippen LogP contribution is -2.09. The second-order valence-corrected chi connectivity index (χ2v) is 4.82. The minimum absolute atomic E-state index is 0.560. The van der Waals surface area contributed by atoms with Gasteiger partial charge in [0.15, 0.2) is 0 Å². The summed E-state index contributed by atoms with van der Waals surface area (Å²) in [4.78, 5) is 2.02. The molecule has 1 aromatic carbocycles. The summed E-state index contributed by atoms with van der Waals surface area (Å²) in [7, 11) is 3.99. The Bertz CT molecular complexity index is 480. The normalized spacial score (nSPS) is 10.2. The summed E-state index contributed by atoms with van der Waals surface area (Å²) >= 11 is 1.67. The molecule has 17 heavy (non-hydrogen) atoms. The molecule has 1 aromatic heterocycles. The average Bonchev–Trinajstić information content (AvgIpc) is 2.80. The van der Waals surface area contributed by atoms with Crippen LogP contribution in [0.15, 0.2) is 35.0 Å². The summed E-state index contributed by atoms with van der Waals surface area (Å²) in [6, 6.07) is 7.86. The summed E-state index contributed by atoms with van der Waals surface area (Å²) in [6.45, 7) is 0.560. The van der Waals surface area contributed by atoms with Crippen LogP contribution < -0.4 is 15.4 Å². The Labute approximate surface area is 105 Å². The van der Waals surface area contributed by atoms with E-state index >= 15 is 0 Å². The first-order valence-electron chi connectivity index (χ1n) is 5.37. The van der Waals surface area contributed by atoms with Crippen LogP contribution in [-0.2, 0) is 6.61 Å². The van der Waals surface area contributed by atoms with Crippen molar-refractivity contribution < 1.29 is 4.74 Å². The molecule has 0 aliphatic heterocycles. The van der Waals surface area contributed by atoms with Gasteiger partial charge in [0.1, 0.15) is 12.4 Å². The lowest BCUT2D eigenvalue weighted by Gasteiger charge is -2.15. The van der Waals surface area contributed by atoms with Crippen LogP contribution in [0.4, 0.5) is 11.4 Å². The van der Waals surface area contributed by atoms with Gasteiger partial charge in [0.25, 0.3) is 0 Å². The number of hydrogen-bond donors (Lipinski definition) is 1. The third-order valence-electron chi connectivity index (χ3n) is 2.49. The molecular weight excluding hydrogens is 232 g/mol. The number of hydrogen-bond acceptors (Lipinski definition) is 4. The zero-order valence-corrected chi connectivity index (χ0v) is 10.8. The van der Waals surface area contributed by atoms with Gasteiger partial charge >= 0.3 is 0 Å². The van der Waals surface area contributed by atoms with Gasteiger partial charge in [-0.05, 0) is 34.5 Å². The van der Waals surface area contributed by atoms with E-state index in [1.54, 1.807) is 11.3 Å². The topological polar surface area (TPSA) is 38.5 Å². The van der Waals surface area contributed by atoms with E-state index in [2.05, 4.69) is 11.4 Å². The van der Waals surface area contributed by atoms with Crippen molar-refractivity contribution in [1.29, 1.82) is 0 Å². The number of nitrogens with zero attached hydrogens (tertiary/aromatic N) is 1. The highest BCUT2D eigenvalue weighted by atomic mass is 32.1. The van der Waals surface area contributed by atoms with Crippen molar-refractivity contribution in [1.82, 2.24) is 0 Å². The van der Waals surface area contributed by atoms with Gasteiger partial charge < -0.3 is 15.4 Å². The highest BCUT2D eigenvalue weighted by Gasteiger charge is 2.04. The minimum atomic E-state index is 0.560. The Hall–Kier alpha value is -1.68. The molecule has 2 aromatic rings. The predicted octanol–water partition coefficient (Wildman–Crippen LogP) is 2.98. The summed E-state index contributed by atoms with van der Waals surface area (Å²) in [6.07, 6.45) is 0. The number of nitrogen functional groups attached to an aromatic ring is 1. The zero-order chi connectivity index (χ0) is 12.3. The van der Waals surface area contributed by atoms with Crippen LogP contribution in [0.3, 0.4) is 0 Å². The van der Waals surface area contributed by atoms with Gasteiger partial charge in [0.2, 0.25) is 0 Å². The first-order valence-corrected chi connectivity index (χ1v) is 6.32. The second kappa shape index (κ2) is 5.10. The maximum atomic E-state index is 5.89. The van der Waals surface area contributed by atoms with Crippen LogP contribution >= 0.6 is 11.3 Å². The summed E-state index contributed by atoms with van der Waals surface area (Å²) in [5.41, 5.74) is 8.81. The Morgan fingerprint density at radius 1 is 1.29 bits per heavy atom. The number of ether oxygens (including phenoxy) is 1. The first-order chi connectivity index (χ1) is 8.16. The second-order valence-electron chi connectivity index (χ2n) is 4.04. The van der Waals surface area contributed by atoms with Crippen LogP contribution in [0.2, 0.25) is 0 Å². The molecule has 0 aliphatic rings. The summed E-state index contributed by atoms with van der Waals surface area (Å²) in [5.74, 6) is 0.738. The zero-order valence-electron chi connectivity index (χ0n) is 10.0. The molecule has 0 amide bonds. The Kier molecular flexibility index (Phi) is 3.54. The molecule has 1 heterocycles. The van der Waals surface area contributed by atoms with E-state index < -0.39 is 0 Å². The molecule has 0 fully saturated rings. The van der Waals surface area contributed by atoms with E-state index in [1.165, 1.54) is 5.56 Å². The maximum Gasteiger partial charge on any atom is 0.144 e. The maximum absolute atomic E-state index is 5.89. The van der Waals surface area contributed by atoms with Crippen LogP contribution in [-0.4, -0.2) is 14.1 Å². The van der Waals surface area contributed by atoms with Crippen molar-refractivity contribution >= 4 is 22.7 Å². The number of thiophene rings is 1. The molecule has 0 radical (unpaired) electrons. The smallest absolute Gasteiger partial charge is 0.144 e. The molecule has 0 unspecified atom stereocenters. The standard InChI is InChI=1S/C13H16N2OS/c1-15(2)11-3-4-12(14)13(7-11)16-8-10-5-6-17-9-10/h3-7,9H,8,14H2,1-2H3. The molecule has 3 nitrogen and oxygen atoms in total. The fourth-order valence-corrected chi connectivity index (χ4v) is 2.12. The van der Waals surface area contributed by atoms with Crippen LogP contribution in [0, 0.1) is 0 Å². The van der Waals surface area contributed by atoms with Crippen LogP contribution in [0.5, 0.6) is 5.75 Å². The molecule has 0 atom stereocenters. The van der Waals surface area contributed by atoms with E-state index in [1.807, 2.05) is 42.6 Å². The molecule has 2 rings (SSSR count). The largest absolute Gasteiger partial charge is 0.487 e. The van der Waals surface area contributed by atoms with E-state index in [4.69, 9.17) is 10.5 Å². The lowest BCUT2D eigenvalue weighted by molar-refractivity contribution is 0.308. The minimum Gasteiger partial charge on any atom is -0.487 e. The molecule has 0 bridgehead atoms. The van der Waals surface area contributed by atoms with Crippen LogP contribution in [0.1, 0.15) is 5.56 Å². The highest BCUT2D eigenvalue weighted by molar-refractivity contribution is 7.07. The molecule has 0 saturated heterocycles. The third-order valence-corrected chi connectivity index (χ3v) is 3.22. The Morgan fingerprint density at radius 3 is 2.76 bits per heavy atom. The van der Waals surface area contributed by atoms with Gasteiger partial charge in [-0.15, -0.1) is 0 Å². The van der Waals surface area contributed by atoms with E-state index in [9.17, 15) is 0 Å². The average molecular weight is 248 g/mol.